The number of hydrogen-bond donors (Lipinski definition) is 3. The Labute approximate surface area is 360 Å². The number of nitrogens with two attached hydrogens (primary N) is 1. The summed E-state index contributed by atoms with van der Waals surface area (Å²) < 4.78 is 13.6. The van der Waals surface area contributed by atoms with E-state index < -0.39 is 5.95 Å². The lowest BCUT2D eigenvalue weighted by molar-refractivity contribution is 0.584. The lowest BCUT2D eigenvalue weighted by Crippen LogP contribution is -1.88. The second kappa shape index (κ2) is 20.7. The molecule has 0 radical (unpaired) electrons. The molecule has 0 fully saturated rings. The predicted octanol–water partition coefficient (Wildman–Crippen LogP) is 11.5. The van der Waals surface area contributed by atoms with E-state index in [1.54, 1.807) is 36.5 Å². The fraction of sp³-hybridized carbons (Fsp3) is 0.100. The number of hydrogen-bond acceptors (Lipinski definition) is 11. The minimum absolute atomic E-state index is 0.362. The van der Waals surface area contributed by atoms with Crippen molar-refractivity contribution < 1.29 is 4.39 Å². The first-order valence-corrected chi connectivity index (χ1v) is 20.1. The number of aromatic nitrogens is 8. The number of benzene rings is 2. The highest BCUT2D eigenvalue weighted by Gasteiger charge is 2.25. The summed E-state index contributed by atoms with van der Waals surface area (Å²) in [5.74, 6) is 0.540. The molecule has 0 aliphatic heterocycles. The Kier molecular flexibility index (Phi) is 15.6. The Morgan fingerprint density at radius 3 is 1.91 bits per heavy atom. The normalized spacial score (nSPS) is 10.2. The van der Waals surface area contributed by atoms with Gasteiger partial charge in [-0.3, -0.25) is 15.2 Å². The van der Waals surface area contributed by atoms with Crippen LogP contribution in [0.25, 0.3) is 53.4 Å². The van der Waals surface area contributed by atoms with Gasteiger partial charge in [0.2, 0.25) is 5.95 Å². The fourth-order valence-electron chi connectivity index (χ4n) is 5.23. The number of H-pyrrole nitrogens is 2. The van der Waals surface area contributed by atoms with Crippen LogP contribution >= 0.6 is 69.1 Å². The molecule has 58 heavy (non-hydrogen) atoms. The number of nitrogens with zero attached hydrogens (tertiary/aromatic N) is 8. The maximum absolute atomic E-state index is 13.6. The van der Waals surface area contributed by atoms with E-state index >= 15 is 0 Å². The Morgan fingerprint density at radius 1 is 0.707 bits per heavy atom. The van der Waals surface area contributed by atoms with E-state index in [1.807, 2.05) is 37.3 Å². The van der Waals surface area contributed by atoms with Crippen molar-refractivity contribution in [1.82, 2.24) is 40.3 Å². The molecule has 4 N–H and O–H groups in total. The summed E-state index contributed by atoms with van der Waals surface area (Å²) in [6, 6.07) is 23.7. The zero-order valence-electron chi connectivity index (χ0n) is 30.7. The molecule has 18 heteroatoms. The molecule has 0 amide bonds. The highest BCUT2D eigenvalue weighted by atomic mass is 35.5. The van der Waals surface area contributed by atoms with Crippen molar-refractivity contribution in [3.05, 3.63) is 140 Å². The average Bonchev–Trinajstić information content (AvgIpc) is 4.08. The standard InChI is InChI=1S/C18H8Cl2FN5S.C14H11N5S.C7H6Cl2.CH5N/c19-10-1-2-11(13(20)6-10)15-12(7-22)16(9-3-4-23-14(21)5-9)27-17(15)18-24-8-25-26-18;1-2-11-5-9(3-4-16-11)13-10(7-15)6-12(20-13)14-17-8-18-19-14;1-5-2-3-6(8)4-7(5)9;1-2/h1-6,8H,(H,24,25,26);3-6,8H,2H2,1H3,(H,17,18,19);2-4H,1H3;2H2,1H3. The monoisotopic (exact) mass is 887 g/mol. The molecule has 0 atom stereocenters. The third-order valence-electron chi connectivity index (χ3n) is 7.92. The second-order valence-electron chi connectivity index (χ2n) is 11.5. The molecule has 6 heterocycles. The Morgan fingerprint density at radius 2 is 1.34 bits per heavy atom. The first kappa shape index (κ1) is 43.6. The third-order valence-corrected chi connectivity index (χ3v) is 11.5. The van der Waals surface area contributed by atoms with Crippen molar-refractivity contribution in [3.8, 4) is 65.5 Å². The minimum atomic E-state index is -0.628. The molecular weight excluding hydrogens is 859 g/mol. The van der Waals surface area contributed by atoms with Gasteiger partial charge in [0.05, 0.1) is 30.6 Å². The summed E-state index contributed by atoms with van der Waals surface area (Å²) in [5, 5.41) is 34.8. The van der Waals surface area contributed by atoms with E-state index in [9.17, 15) is 14.9 Å². The summed E-state index contributed by atoms with van der Waals surface area (Å²) in [7, 11) is 1.50. The molecule has 11 nitrogen and oxygen atoms in total. The summed E-state index contributed by atoms with van der Waals surface area (Å²) >= 11 is 26.6. The molecule has 0 spiro atoms. The van der Waals surface area contributed by atoms with Crippen molar-refractivity contribution >= 4 is 69.1 Å². The van der Waals surface area contributed by atoms with Crippen LogP contribution in [0.3, 0.4) is 0 Å². The largest absolute Gasteiger partial charge is 0.333 e. The molecule has 0 aliphatic carbocycles. The first-order chi connectivity index (χ1) is 28.1. The number of nitriles is 2. The van der Waals surface area contributed by atoms with Crippen LogP contribution in [-0.2, 0) is 6.42 Å². The van der Waals surface area contributed by atoms with Crippen LogP contribution in [0.5, 0.6) is 0 Å². The zero-order chi connectivity index (χ0) is 41.8. The molecule has 0 saturated carbocycles. The van der Waals surface area contributed by atoms with Gasteiger partial charge in [-0.1, -0.05) is 65.5 Å². The second-order valence-corrected chi connectivity index (χ2v) is 15.3. The van der Waals surface area contributed by atoms with Gasteiger partial charge in [0.1, 0.15) is 24.8 Å². The van der Waals surface area contributed by atoms with Crippen molar-refractivity contribution in [2.75, 3.05) is 7.05 Å². The molecule has 0 aliphatic rings. The number of aryl methyl sites for hydroxylation is 2. The van der Waals surface area contributed by atoms with Gasteiger partial charge in [0, 0.05) is 55.4 Å². The van der Waals surface area contributed by atoms with Crippen LogP contribution in [-0.4, -0.2) is 47.4 Å². The maximum Gasteiger partial charge on any atom is 0.213 e. The van der Waals surface area contributed by atoms with Crippen LogP contribution in [0.4, 0.5) is 4.39 Å². The van der Waals surface area contributed by atoms with Crippen LogP contribution in [0.2, 0.25) is 20.1 Å². The van der Waals surface area contributed by atoms with E-state index in [1.165, 1.54) is 54.6 Å². The van der Waals surface area contributed by atoms with E-state index in [0.29, 0.717) is 64.3 Å². The lowest BCUT2D eigenvalue weighted by Gasteiger charge is -2.06. The number of pyridine rings is 2. The van der Waals surface area contributed by atoms with E-state index in [4.69, 9.17) is 46.4 Å². The van der Waals surface area contributed by atoms with E-state index in [2.05, 4.69) is 65.1 Å². The predicted molar refractivity (Wildman–Crippen MR) is 231 cm³/mol. The quantitative estimate of drug-likeness (QED) is 0.137. The highest BCUT2D eigenvalue weighted by Crippen LogP contribution is 2.48. The van der Waals surface area contributed by atoms with Crippen molar-refractivity contribution in [1.29, 1.82) is 10.5 Å². The Balaban J connectivity index is 0.000000181. The summed E-state index contributed by atoms with van der Waals surface area (Å²) in [5.41, 5.74) is 10.4. The third kappa shape index (κ3) is 10.5. The summed E-state index contributed by atoms with van der Waals surface area (Å²) in [6.07, 6.45) is 6.84. The maximum atomic E-state index is 13.6. The minimum Gasteiger partial charge on any atom is -0.333 e. The fourth-order valence-corrected chi connectivity index (χ4v) is 8.40. The van der Waals surface area contributed by atoms with Crippen molar-refractivity contribution in [3.63, 3.8) is 0 Å². The van der Waals surface area contributed by atoms with Gasteiger partial charge in [-0.15, -0.1) is 22.7 Å². The molecule has 0 unspecified atom stereocenters. The van der Waals surface area contributed by atoms with Crippen LogP contribution in [0.1, 0.15) is 29.3 Å². The number of nitrogens with one attached hydrogen (secondary N) is 2. The van der Waals surface area contributed by atoms with Gasteiger partial charge in [0.15, 0.2) is 11.6 Å². The molecule has 8 rings (SSSR count). The van der Waals surface area contributed by atoms with E-state index in [0.717, 1.165) is 38.0 Å². The van der Waals surface area contributed by atoms with Gasteiger partial charge < -0.3 is 5.73 Å². The van der Waals surface area contributed by atoms with Gasteiger partial charge in [-0.05, 0) is 85.6 Å². The first-order valence-electron chi connectivity index (χ1n) is 16.9. The molecule has 292 valence electrons. The van der Waals surface area contributed by atoms with Crippen LogP contribution < -0.4 is 5.73 Å². The average molecular weight is 890 g/mol. The van der Waals surface area contributed by atoms with Gasteiger partial charge in [-0.25, -0.2) is 15.0 Å². The molecule has 0 bridgehead atoms. The van der Waals surface area contributed by atoms with Gasteiger partial charge in [-0.2, -0.15) is 25.1 Å². The van der Waals surface area contributed by atoms with Crippen LogP contribution in [0, 0.1) is 35.5 Å². The molecule has 0 saturated heterocycles. The highest BCUT2D eigenvalue weighted by molar-refractivity contribution is 7.20. The van der Waals surface area contributed by atoms with Crippen LogP contribution in [0.15, 0.2) is 91.8 Å². The SMILES string of the molecule is CCc1cc(-c2sc(-c3ncn[nH]3)cc2C#N)ccn1.CN.Cc1ccc(Cl)cc1Cl.N#Cc1c(-c2ccnc(F)c2)sc(-c2ncn[nH]2)c1-c1ccc(Cl)cc1Cl. The Hall–Kier alpha value is -5.55. The molecular formula is C40H30Cl4FN11S2. The number of rotatable bonds is 6. The van der Waals surface area contributed by atoms with Crippen molar-refractivity contribution in [2.45, 2.75) is 20.3 Å². The smallest absolute Gasteiger partial charge is 0.213 e. The zero-order valence-corrected chi connectivity index (χ0v) is 35.4. The summed E-state index contributed by atoms with van der Waals surface area (Å²) in [4.78, 5) is 19.3. The van der Waals surface area contributed by atoms with Crippen molar-refractivity contribution in [2.24, 2.45) is 5.73 Å². The number of thiophene rings is 2. The molecule has 8 aromatic rings. The Bertz CT molecular complexity index is 2700. The van der Waals surface area contributed by atoms with Gasteiger partial charge >= 0.3 is 0 Å². The lowest BCUT2D eigenvalue weighted by atomic mass is 9.98. The molecule has 2 aromatic carbocycles. The molecule has 6 aromatic heterocycles. The number of aromatic amines is 2. The van der Waals surface area contributed by atoms with E-state index in [-0.39, 0.29) is 0 Å². The van der Waals surface area contributed by atoms with Gasteiger partial charge in [0.25, 0.3) is 0 Å². The summed E-state index contributed by atoms with van der Waals surface area (Å²) in [6.45, 7) is 4.00. The topological polar surface area (TPSA) is 183 Å². The number of halogens is 5.